The van der Waals surface area contributed by atoms with Gasteiger partial charge in [0.25, 0.3) is 11.8 Å². The van der Waals surface area contributed by atoms with E-state index < -0.39 is 0 Å². The molecule has 0 atom stereocenters. The zero-order valence-corrected chi connectivity index (χ0v) is 14.7. The Morgan fingerprint density at radius 2 is 1.29 bits per heavy atom. The Morgan fingerprint density at radius 3 is 1.62 bits per heavy atom. The fourth-order valence-corrected chi connectivity index (χ4v) is 3.75. The highest BCUT2D eigenvalue weighted by Gasteiger charge is 2.26. The van der Waals surface area contributed by atoms with Crippen molar-refractivity contribution in [2.75, 3.05) is 49.9 Å². The van der Waals surface area contributed by atoms with E-state index >= 15 is 0 Å². The van der Waals surface area contributed by atoms with Crippen LogP contribution >= 0.6 is 22.7 Å². The summed E-state index contributed by atoms with van der Waals surface area (Å²) in [5.74, 6) is -0.0187. The minimum absolute atomic E-state index is 0.00934. The first kappa shape index (κ1) is 17.0. The van der Waals surface area contributed by atoms with Crippen LogP contribution in [0.2, 0.25) is 0 Å². The van der Waals surface area contributed by atoms with Gasteiger partial charge in [0.05, 0.1) is 0 Å². The fraction of sp³-hybridized carbons (Fsp3) is 0.429. The predicted molar refractivity (Wildman–Crippen MR) is 92.6 cm³/mol. The van der Waals surface area contributed by atoms with Crippen LogP contribution in [0.1, 0.15) is 0 Å². The SMILES string of the molecule is O=C(C[NH+]1CC[NH+](CC(=O)Nc2nccs2)CC1)Nc1nccs1. The van der Waals surface area contributed by atoms with Crippen LogP contribution < -0.4 is 20.4 Å². The number of nitrogens with zero attached hydrogens (tertiary/aromatic N) is 2. The van der Waals surface area contributed by atoms with Gasteiger partial charge in [-0.15, -0.1) is 22.7 Å². The van der Waals surface area contributed by atoms with Gasteiger partial charge in [-0.2, -0.15) is 0 Å². The van der Waals surface area contributed by atoms with E-state index in [-0.39, 0.29) is 11.8 Å². The van der Waals surface area contributed by atoms with Crippen LogP contribution in [-0.2, 0) is 9.59 Å². The van der Waals surface area contributed by atoms with Crippen molar-refractivity contribution in [3.8, 4) is 0 Å². The number of thiazole rings is 2. The highest BCUT2D eigenvalue weighted by Crippen LogP contribution is 2.09. The van der Waals surface area contributed by atoms with Gasteiger partial charge in [0.2, 0.25) is 0 Å². The molecule has 2 aromatic rings. The first-order valence-corrected chi connectivity index (χ1v) is 9.51. The van der Waals surface area contributed by atoms with Crippen molar-refractivity contribution in [1.82, 2.24) is 9.97 Å². The number of anilines is 2. The Kier molecular flexibility index (Phi) is 5.86. The molecule has 10 heteroatoms. The summed E-state index contributed by atoms with van der Waals surface area (Å²) in [5, 5.41) is 10.6. The van der Waals surface area contributed by atoms with Gasteiger partial charge in [-0.05, 0) is 0 Å². The molecule has 0 unspecified atom stereocenters. The molecule has 2 amide bonds. The van der Waals surface area contributed by atoms with E-state index in [4.69, 9.17) is 0 Å². The molecule has 1 fully saturated rings. The lowest BCUT2D eigenvalue weighted by atomic mass is 10.3. The van der Waals surface area contributed by atoms with Crippen LogP contribution in [0.3, 0.4) is 0 Å². The minimum atomic E-state index is -0.00934. The lowest BCUT2D eigenvalue weighted by Gasteiger charge is -2.28. The highest BCUT2D eigenvalue weighted by atomic mass is 32.1. The number of hydrogen-bond acceptors (Lipinski definition) is 6. The molecule has 128 valence electrons. The highest BCUT2D eigenvalue weighted by molar-refractivity contribution is 7.14. The maximum atomic E-state index is 12.0. The van der Waals surface area contributed by atoms with Gasteiger partial charge < -0.3 is 9.80 Å². The molecule has 0 bridgehead atoms. The van der Waals surface area contributed by atoms with Gasteiger partial charge in [-0.25, -0.2) is 9.97 Å². The lowest BCUT2D eigenvalue weighted by Crippen LogP contribution is -3.28. The molecule has 2 aromatic heterocycles. The zero-order chi connectivity index (χ0) is 16.8. The fourth-order valence-electron chi connectivity index (χ4n) is 2.66. The number of aromatic nitrogens is 2. The average molecular weight is 368 g/mol. The summed E-state index contributed by atoms with van der Waals surface area (Å²) in [5.41, 5.74) is 0. The second kappa shape index (κ2) is 8.29. The molecular formula is C14H20N6O2S2+2. The predicted octanol–water partition coefficient (Wildman–Crippen LogP) is -2.04. The standard InChI is InChI=1S/C14H18N6O2S2/c21-11(17-13-15-1-7-23-13)9-19-3-5-20(6-4-19)10-12(22)18-14-16-2-8-24-14/h1-2,7-8H,3-6,9-10H2,(H,15,17,21)(H,16,18,22)/p+2. The molecule has 1 saturated heterocycles. The molecule has 0 radical (unpaired) electrons. The molecule has 3 heterocycles. The minimum Gasteiger partial charge on any atom is -0.318 e. The van der Waals surface area contributed by atoms with Gasteiger partial charge in [0, 0.05) is 23.2 Å². The Labute approximate surface area is 147 Å². The smallest absolute Gasteiger partial charge is 0.281 e. The molecule has 0 saturated carbocycles. The van der Waals surface area contributed by atoms with Gasteiger partial charge in [0.1, 0.15) is 26.2 Å². The summed E-state index contributed by atoms with van der Waals surface area (Å²) >= 11 is 2.83. The van der Waals surface area contributed by atoms with Crippen molar-refractivity contribution in [3.63, 3.8) is 0 Å². The number of piperazine rings is 1. The van der Waals surface area contributed by atoms with Crippen LogP contribution in [0, 0.1) is 0 Å². The maximum absolute atomic E-state index is 12.0. The van der Waals surface area contributed by atoms with E-state index in [1.807, 2.05) is 10.8 Å². The summed E-state index contributed by atoms with van der Waals surface area (Å²) in [6, 6.07) is 0. The molecular weight excluding hydrogens is 348 g/mol. The molecule has 0 spiro atoms. The van der Waals surface area contributed by atoms with E-state index in [1.54, 1.807) is 12.4 Å². The molecule has 1 aliphatic rings. The summed E-state index contributed by atoms with van der Waals surface area (Å²) in [4.78, 5) is 34.5. The Morgan fingerprint density at radius 1 is 0.875 bits per heavy atom. The van der Waals surface area contributed by atoms with Gasteiger partial charge >= 0.3 is 0 Å². The number of carbonyl (C=O) groups is 2. The third-order valence-corrected chi connectivity index (χ3v) is 5.22. The second-order valence-electron chi connectivity index (χ2n) is 5.62. The normalized spacial score (nSPS) is 20.5. The van der Waals surface area contributed by atoms with Crippen molar-refractivity contribution in [3.05, 3.63) is 23.2 Å². The van der Waals surface area contributed by atoms with Crippen LogP contribution in [0.5, 0.6) is 0 Å². The summed E-state index contributed by atoms with van der Waals surface area (Å²) in [7, 11) is 0. The van der Waals surface area contributed by atoms with E-state index in [1.165, 1.54) is 32.5 Å². The van der Waals surface area contributed by atoms with E-state index in [2.05, 4.69) is 20.6 Å². The molecule has 8 nitrogen and oxygen atoms in total. The molecule has 4 N–H and O–H groups in total. The Balaban J connectivity index is 1.36. The van der Waals surface area contributed by atoms with Gasteiger partial charge in [-0.3, -0.25) is 20.2 Å². The van der Waals surface area contributed by atoms with Crippen molar-refractivity contribution < 1.29 is 19.4 Å². The number of carbonyl (C=O) groups excluding carboxylic acids is 2. The van der Waals surface area contributed by atoms with Crippen LogP contribution in [0.4, 0.5) is 10.3 Å². The molecule has 0 aliphatic carbocycles. The summed E-state index contributed by atoms with van der Waals surface area (Å²) in [6.07, 6.45) is 3.35. The van der Waals surface area contributed by atoms with Crippen molar-refractivity contribution in [1.29, 1.82) is 0 Å². The Hall–Kier alpha value is -1.88. The Bertz CT molecular complexity index is 595. The zero-order valence-electron chi connectivity index (χ0n) is 13.1. The molecule has 3 rings (SSSR count). The maximum Gasteiger partial charge on any atom is 0.281 e. The van der Waals surface area contributed by atoms with E-state index in [0.717, 1.165) is 26.2 Å². The molecule has 24 heavy (non-hydrogen) atoms. The summed E-state index contributed by atoms with van der Waals surface area (Å²) < 4.78 is 0. The quantitative estimate of drug-likeness (QED) is 0.473. The first-order valence-electron chi connectivity index (χ1n) is 7.75. The van der Waals surface area contributed by atoms with Gasteiger partial charge in [0.15, 0.2) is 23.4 Å². The van der Waals surface area contributed by atoms with Crippen LogP contribution in [-0.4, -0.2) is 61.1 Å². The number of nitrogens with one attached hydrogen (secondary N) is 4. The number of quaternary nitrogens is 2. The largest absolute Gasteiger partial charge is 0.318 e. The molecule has 0 aromatic carbocycles. The monoisotopic (exact) mass is 368 g/mol. The van der Waals surface area contributed by atoms with Gasteiger partial charge in [-0.1, -0.05) is 0 Å². The molecule has 1 aliphatic heterocycles. The first-order chi connectivity index (χ1) is 11.7. The van der Waals surface area contributed by atoms with Crippen molar-refractivity contribution in [2.24, 2.45) is 0 Å². The van der Waals surface area contributed by atoms with E-state index in [0.29, 0.717) is 23.4 Å². The van der Waals surface area contributed by atoms with E-state index in [9.17, 15) is 9.59 Å². The third kappa shape index (κ3) is 5.06. The number of hydrogen-bond donors (Lipinski definition) is 4. The lowest BCUT2D eigenvalue weighted by molar-refractivity contribution is -1.00. The van der Waals surface area contributed by atoms with Crippen LogP contribution in [0.15, 0.2) is 23.2 Å². The topological polar surface area (TPSA) is 92.9 Å². The number of rotatable bonds is 6. The third-order valence-electron chi connectivity index (χ3n) is 3.84. The van der Waals surface area contributed by atoms with Crippen LogP contribution in [0.25, 0.3) is 0 Å². The number of amides is 2. The van der Waals surface area contributed by atoms with Crippen molar-refractivity contribution >= 4 is 44.8 Å². The summed E-state index contributed by atoms with van der Waals surface area (Å²) in [6.45, 7) is 4.41. The second-order valence-corrected chi connectivity index (χ2v) is 7.41. The van der Waals surface area contributed by atoms with Crippen molar-refractivity contribution in [2.45, 2.75) is 0 Å². The average Bonchev–Trinajstić information content (AvgIpc) is 3.23.